The van der Waals surface area contributed by atoms with Crippen LogP contribution in [0.3, 0.4) is 0 Å². The Morgan fingerprint density at radius 1 is 1.35 bits per heavy atom. The molecule has 2 rings (SSSR count). The number of carbonyl (C=O) groups is 1. The SMILES string of the molecule is CC(C)Oc1ccc(NC(=O)NC2CCCC2)cc1F. The molecule has 0 aromatic heterocycles. The van der Waals surface area contributed by atoms with E-state index in [1.165, 1.54) is 12.1 Å². The molecule has 110 valence electrons. The normalized spacial score (nSPS) is 15.4. The molecule has 1 saturated carbocycles. The second-order valence-electron chi connectivity index (χ2n) is 5.39. The Bertz CT molecular complexity index is 471. The van der Waals surface area contributed by atoms with Gasteiger partial charge >= 0.3 is 6.03 Å². The summed E-state index contributed by atoms with van der Waals surface area (Å²) in [5.41, 5.74) is 0.425. The van der Waals surface area contributed by atoms with E-state index in [0.29, 0.717) is 5.69 Å². The number of hydrogen-bond donors (Lipinski definition) is 2. The fourth-order valence-corrected chi connectivity index (χ4v) is 2.35. The van der Waals surface area contributed by atoms with Gasteiger partial charge in [0.1, 0.15) is 0 Å². The van der Waals surface area contributed by atoms with Crippen molar-refractivity contribution in [2.75, 3.05) is 5.32 Å². The summed E-state index contributed by atoms with van der Waals surface area (Å²) in [6.07, 6.45) is 4.25. The lowest BCUT2D eigenvalue weighted by Crippen LogP contribution is -2.36. The van der Waals surface area contributed by atoms with Gasteiger partial charge in [0.15, 0.2) is 11.6 Å². The monoisotopic (exact) mass is 280 g/mol. The molecule has 0 aliphatic heterocycles. The van der Waals surface area contributed by atoms with Crippen molar-refractivity contribution < 1.29 is 13.9 Å². The van der Waals surface area contributed by atoms with Gasteiger partial charge in [-0.3, -0.25) is 0 Å². The number of ether oxygens (including phenoxy) is 1. The molecule has 5 heteroatoms. The van der Waals surface area contributed by atoms with Crippen molar-refractivity contribution in [3.8, 4) is 5.75 Å². The first-order valence-electron chi connectivity index (χ1n) is 7.08. The fraction of sp³-hybridized carbons (Fsp3) is 0.533. The summed E-state index contributed by atoms with van der Waals surface area (Å²) < 4.78 is 19.1. The third-order valence-corrected chi connectivity index (χ3v) is 3.24. The van der Waals surface area contributed by atoms with Crippen LogP contribution in [0, 0.1) is 5.82 Å². The summed E-state index contributed by atoms with van der Waals surface area (Å²) >= 11 is 0. The minimum absolute atomic E-state index is 0.0889. The van der Waals surface area contributed by atoms with Crippen molar-refractivity contribution in [3.63, 3.8) is 0 Å². The summed E-state index contributed by atoms with van der Waals surface area (Å²) in [4.78, 5) is 11.8. The lowest BCUT2D eigenvalue weighted by molar-refractivity contribution is 0.231. The third-order valence-electron chi connectivity index (χ3n) is 3.24. The number of amides is 2. The van der Waals surface area contributed by atoms with E-state index in [2.05, 4.69) is 10.6 Å². The zero-order chi connectivity index (χ0) is 14.5. The van der Waals surface area contributed by atoms with E-state index in [1.807, 2.05) is 13.8 Å². The van der Waals surface area contributed by atoms with E-state index < -0.39 is 5.82 Å². The molecule has 2 amide bonds. The average Bonchev–Trinajstić information content (AvgIpc) is 2.85. The first-order valence-corrected chi connectivity index (χ1v) is 7.08. The highest BCUT2D eigenvalue weighted by molar-refractivity contribution is 5.89. The van der Waals surface area contributed by atoms with E-state index in [-0.39, 0.29) is 23.9 Å². The Balaban J connectivity index is 1.92. The average molecular weight is 280 g/mol. The predicted octanol–water partition coefficient (Wildman–Crippen LogP) is 3.68. The van der Waals surface area contributed by atoms with Gasteiger partial charge in [-0.1, -0.05) is 12.8 Å². The van der Waals surface area contributed by atoms with Crippen LogP contribution < -0.4 is 15.4 Å². The highest BCUT2D eigenvalue weighted by Crippen LogP contribution is 2.22. The summed E-state index contributed by atoms with van der Waals surface area (Å²) in [5, 5.41) is 5.53. The van der Waals surface area contributed by atoms with Gasteiger partial charge < -0.3 is 15.4 Å². The van der Waals surface area contributed by atoms with Crippen molar-refractivity contribution in [3.05, 3.63) is 24.0 Å². The highest BCUT2D eigenvalue weighted by Gasteiger charge is 2.17. The lowest BCUT2D eigenvalue weighted by Gasteiger charge is -2.14. The zero-order valence-corrected chi connectivity index (χ0v) is 11.9. The molecule has 1 aromatic rings. The van der Waals surface area contributed by atoms with E-state index in [9.17, 15) is 9.18 Å². The standard InChI is InChI=1S/C15H21FN2O2/c1-10(2)20-14-8-7-12(9-13(14)16)18-15(19)17-11-5-3-4-6-11/h7-11H,3-6H2,1-2H3,(H2,17,18,19). The summed E-state index contributed by atoms with van der Waals surface area (Å²) in [6.45, 7) is 3.67. The molecule has 0 saturated heterocycles. The van der Waals surface area contributed by atoms with Crippen molar-refractivity contribution >= 4 is 11.7 Å². The molecule has 0 atom stereocenters. The molecule has 0 unspecified atom stereocenters. The zero-order valence-electron chi connectivity index (χ0n) is 11.9. The van der Waals surface area contributed by atoms with Gasteiger partial charge in [-0.15, -0.1) is 0 Å². The van der Waals surface area contributed by atoms with Gasteiger partial charge in [0.25, 0.3) is 0 Å². The third kappa shape index (κ3) is 4.11. The van der Waals surface area contributed by atoms with Crippen molar-refractivity contribution in [2.45, 2.75) is 51.7 Å². The summed E-state index contributed by atoms with van der Waals surface area (Å²) in [7, 11) is 0. The van der Waals surface area contributed by atoms with Gasteiger partial charge in [0, 0.05) is 17.8 Å². The van der Waals surface area contributed by atoms with Gasteiger partial charge in [0.2, 0.25) is 0 Å². The van der Waals surface area contributed by atoms with E-state index in [4.69, 9.17) is 4.74 Å². The Morgan fingerprint density at radius 3 is 2.65 bits per heavy atom. The quantitative estimate of drug-likeness (QED) is 0.884. The Kier molecular flexibility index (Phi) is 4.82. The van der Waals surface area contributed by atoms with Crippen LogP contribution in [0.1, 0.15) is 39.5 Å². The van der Waals surface area contributed by atoms with Crippen LogP contribution in [0.5, 0.6) is 5.75 Å². The second-order valence-corrected chi connectivity index (χ2v) is 5.39. The largest absolute Gasteiger partial charge is 0.488 e. The molecule has 0 spiro atoms. The summed E-state index contributed by atoms with van der Waals surface area (Å²) in [5.74, 6) is -0.279. The maximum atomic E-state index is 13.8. The van der Waals surface area contributed by atoms with Gasteiger partial charge in [-0.05, 0) is 38.8 Å². The molecule has 1 aliphatic carbocycles. The number of benzene rings is 1. The molecule has 1 aromatic carbocycles. The maximum Gasteiger partial charge on any atom is 0.319 e. The molecule has 4 nitrogen and oxygen atoms in total. The van der Waals surface area contributed by atoms with E-state index >= 15 is 0 Å². The minimum atomic E-state index is -0.475. The predicted molar refractivity (Wildman–Crippen MR) is 76.6 cm³/mol. The van der Waals surface area contributed by atoms with Crippen LogP contribution in [0.25, 0.3) is 0 Å². The number of anilines is 1. The number of hydrogen-bond acceptors (Lipinski definition) is 2. The van der Waals surface area contributed by atoms with Gasteiger partial charge in [-0.25, -0.2) is 9.18 Å². The first-order chi connectivity index (χ1) is 9.54. The van der Waals surface area contributed by atoms with Crippen LogP contribution in [-0.2, 0) is 0 Å². The van der Waals surface area contributed by atoms with E-state index in [1.54, 1.807) is 6.07 Å². The van der Waals surface area contributed by atoms with E-state index in [0.717, 1.165) is 25.7 Å². The number of halogens is 1. The molecule has 0 bridgehead atoms. The molecular formula is C15H21FN2O2. The molecule has 0 radical (unpaired) electrons. The van der Waals surface area contributed by atoms with Crippen LogP contribution in [0.4, 0.5) is 14.9 Å². The maximum absolute atomic E-state index is 13.8. The number of carbonyl (C=O) groups excluding carboxylic acids is 1. The molecule has 0 heterocycles. The number of rotatable bonds is 4. The van der Waals surface area contributed by atoms with Crippen LogP contribution in [0.15, 0.2) is 18.2 Å². The smallest absolute Gasteiger partial charge is 0.319 e. The van der Waals surface area contributed by atoms with Crippen LogP contribution >= 0.6 is 0 Å². The molecule has 1 aliphatic rings. The summed E-state index contributed by atoms with van der Waals surface area (Å²) in [6, 6.07) is 4.39. The number of nitrogens with one attached hydrogen (secondary N) is 2. The van der Waals surface area contributed by atoms with Crippen LogP contribution in [-0.4, -0.2) is 18.2 Å². The highest BCUT2D eigenvalue weighted by atomic mass is 19.1. The van der Waals surface area contributed by atoms with Gasteiger partial charge in [-0.2, -0.15) is 0 Å². The van der Waals surface area contributed by atoms with Crippen molar-refractivity contribution in [1.82, 2.24) is 5.32 Å². The Labute approximate surface area is 118 Å². The first kappa shape index (κ1) is 14.6. The topological polar surface area (TPSA) is 50.4 Å². The number of urea groups is 1. The van der Waals surface area contributed by atoms with Crippen molar-refractivity contribution in [2.24, 2.45) is 0 Å². The second kappa shape index (κ2) is 6.59. The van der Waals surface area contributed by atoms with Crippen molar-refractivity contribution in [1.29, 1.82) is 0 Å². The lowest BCUT2D eigenvalue weighted by atomic mass is 10.2. The fourth-order valence-electron chi connectivity index (χ4n) is 2.35. The Hall–Kier alpha value is -1.78. The minimum Gasteiger partial charge on any atom is -0.488 e. The molecule has 20 heavy (non-hydrogen) atoms. The van der Waals surface area contributed by atoms with Crippen LogP contribution in [0.2, 0.25) is 0 Å². The Morgan fingerprint density at radius 2 is 2.05 bits per heavy atom. The molecule has 1 fully saturated rings. The van der Waals surface area contributed by atoms with Gasteiger partial charge in [0.05, 0.1) is 6.10 Å². The molecular weight excluding hydrogens is 259 g/mol. The molecule has 2 N–H and O–H groups in total.